The Labute approximate surface area is 58.6 Å². The van der Waals surface area contributed by atoms with E-state index in [0.717, 1.165) is 6.54 Å². The van der Waals surface area contributed by atoms with Gasteiger partial charge in [0.05, 0.1) is 6.54 Å². The highest BCUT2D eigenvalue weighted by molar-refractivity contribution is 8.02. The van der Waals surface area contributed by atoms with Gasteiger partial charge in [0.15, 0.2) is 5.50 Å². The first-order valence-corrected chi connectivity index (χ1v) is 3.92. The third-order valence-electron chi connectivity index (χ3n) is 1.48. The van der Waals surface area contributed by atoms with Gasteiger partial charge in [-0.25, -0.2) is 0 Å². The lowest BCUT2D eigenvalue weighted by Crippen LogP contribution is -2.18. The van der Waals surface area contributed by atoms with Crippen molar-refractivity contribution in [2.45, 2.75) is 12.4 Å². The average Bonchev–Trinajstić information content (AvgIpc) is 2.22. The van der Waals surface area contributed by atoms with Gasteiger partial charge in [0.1, 0.15) is 0 Å². The van der Waals surface area contributed by atoms with Crippen LogP contribution < -0.4 is 0 Å². The van der Waals surface area contributed by atoms with Crippen molar-refractivity contribution in [3.05, 3.63) is 11.6 Å². The van der Waals surface area contributed by atoms with E-state index in [-0.39, 0.29) is 0 Å². The lowest BCUT2D eigenvalue weighted by atomic mass is 10.4. The Morgan fingerprint density at radius 1 is 1.89 bits per heavy atom. The molecule has 0 aliphatic carbocycles. The summed E-state index contributed by atoms with van der Waals surface area (Å²) in [7, 11) is 0. The van der Waals surface area contributed by atoms with E-state index < -0.39 is 0 Å². The van der Waals surface area contributed by atoms with Crippen LogP contribution in [0.4, 0.5) is 0 Å². The van der Waals surface area contributed by atoms with Gasteiger partial charge < -0.3 is 4.90 Å². The molecule has 0 spiro atoms. The van der Waals surface area contributed by atoms with Gasteiger partial charge in [0, 0.05) is 11.9 Å². The molecule has 0 amide bonds. The Bertz CT molecular complexity index is 185. The second-order valence-corrected chi connectivity index (χ2v) is 3.25. The molecule has 0 N–H and O–H groups in total. The molecule has 0 saturated carbocycles. The van der Waals surface area contributed by atoms with Crippen LogP contribution in [0.1, 0.15) is 6.92 Å². The molecule has 2 nitrogen and oxygen atoms in total. The Balaban J connectivity index is 2.19. The van der Waals surface area contributed by atoms with Crippen LogP contribution in [0, 0.1) is 0 Å². The molecule has 0 aromatic rings. The van der Waals surface area contributed by atoms with Crippen LogP contribution in [-0.2, 0) is 0 Å². The largest absolute Gasteiger partial charge is 0.341 e. The minimum absolute atomic E-state index is 0.380. The van der Waals surface area contributed by atoms with Crippen molar-refractivity contribution in [1.29, 1.82) is 0 Å². The second kappa shape index (κ2) is 1.77. The smallest absolute Gasteiger partial charge is 0.172 e. The van der Waals surface area contributed by atoms with Crippen LogP contribution in [0.15, 0.2) is 16.6 Å². The predicted octanol–water partition coefficient (Wildman–Crippen LogP) is 1.26. The number of aliphatic imine (C=N–C) groups is 1. The Kier molecular flexibility index (Phi) is 1.05. The molecular weight excluding hydrogens is 132 g/mol. The third kappa shape index (κ3) is 0.758. The summed E-state index contributed by atoms with van der Waals surface area (Å²) in [4.78, 5) is 6.63. The maximum atomic E-state index is 4.39. The summed E-state index contributed by atoms with van der Waals surface area (Å²) in [6.07, 6.45) is 2.11. The molecule has 0 saturated heterocycles. The first-order valence-electron chi connectivity index (χ1n) is 2.97. The molecule has 0 fully saturated rings. The van der Waals surface area contributed by atoms with Gasteiger partial charge >= 0.3 is 0 Å². The van der Waals surface area contributed by atoms with Crippen molar-refractivity contribution >= 4 is 17.5 Å². The number of rotatable bonds is 0. The topological polar surface area (TPSA) is 15.6 Å². The molecule has 1 unspecified atom stereocenters. The van der Waals surface area contributed by atoms with Gasteiger partial charge in [-0.15, -0.1) is 0 Å². The van der Waals surface area contributed by atoms with E-state index in [9.17, 15) is 0 Å². The lowest BCUT2D eigenvalue weighted by Gasteiger charge is -2.11. The summed E-state index contributed by atoms with van der Waals surface area (Å²) >= 11 is 1.77. The molecule has 1 atom stereocenters. The number of hydrogen-bond donors (Lipinski definition) is 0. The van der Waals surface area contributed by atoms with Crippen molar-refractivity contribution in [3.8, 4) is 0 Å². The van der Waals surface area contributed by atoms with E-state index in [2.05, 4.69) is 28.4 Å². The summed E-state index contributed by atoms with van der Waals surface area (Å²) < 4.78 is 0. The molecule has 2 aliphatic rings. The summed E-state index contributed by atoms with van der Waals surface area (Å²) in [5.41, 5.74) is 1.63. The normalized spacial score (nSPS) is 31.0. The zero-order chi connectivity index (χ0) is 6.27. The molecule has 2 aliphatic heterocycles. The van der Waals surface area contributed by atoms with E-state index in [0.29, 0.717) is 5.50 Å². The van der Waals surface area contributed by atoms with Crippen molar-refractivity contribution in [3.63, 3.8) is 0 Å². The lowest BCUT2D eigenvalue weighted by molar-refractivity contribution is 0.448. The quantitative estimate of drug-likeness (QED) is 0.503. The number of nitrogens with zero attached hydrogens (tertiary/aromatic N) is 2. The average molecular weight is 140 g/mol. The molecule has 0 bridgehead atoms. The SMILES string of the molecule is CC1=NC2SC=CN2C1. The van der Waals surface area contributed by atoms with Crippen molar-refractivity contribution in [1.82, 2.24) is 4.90 Å². The van der Waals surface area contributed by atoms with Crippen LogP contribution in [0.5, 0.6) is 0 Å². The van der Waals surface area contributed by atoms with E-state index in [4.69, 9.17) is 0 Å². The van der Waals surface area contributed by atoms with Crippen molar-refractivity contribution in [2.75, 3.05) is 6.54 Å². The van der Waals surface area contributed by atoms with Gasteiger partial charge in [-0.05, 0) is 12.3 Å². The number of hydrogen-bond acceptors (Lipinski definition) is 3. The highest BCUT2D eigenvalue weighted by atomic mass is 32.2. The highest BCUT2D eigenvalue weighted by Crippen LogP contribution is 2.29. The van der Waals surface area contributed by atoms with Gasteiger partial charge in [0.2, 0.25) is 0 Å². The molecule has 3 heteroatoms. The zero-order valence-corrected chi connectivity index (χ0v) is 6.06. The van der Waals surface area contributed by atoms with Crippen LogP contribution >= 0.6 is 11.8 Å². The number of thioether (sulfide) groups is 1. The first-order chi connectivity index (χ1) is 4.36. The fourth-order valence-corrected chi connectivity index (χ4v) is 1.97. The fraction of sp³-hybridized carbons (Fsp3) is 0.500. The summed E-state index contributed by atoms with van der Waals surface area (Å²) in [6, 6.07) is 0. The molecule has 0 radical (unpaired) electrons. The molecule has 9 heavy (non-hydrogen) atoms. The predicted molar refractivity (Wildman–Crippen MR) is 40.3 cm³/mol. The second-order valence-electron chi connectivity index (χ2n) is 2.28. The van der Waals surface area contributed by atoms with Gasteiger partial charge in [-0.3, -0.25) is 4.99 Å². The summed E-state index contributed by atoms with van der Waals surface area (Å²) in [5.74, 6) is 0. The van der Waals surface area contributed by atoms with Crippen molar-refractivity contribution in [2.24, 2.45) is 4.99 Å². The van der Waals surface area contributed by atoms with Crippen LogP contribution in [0.25, 0.3) is 0 Å². The van der Waals surface area contributed by atoms with E-state index in [1.54, 1.807) is 11.8 Å². The standard InChI is InChI=1S/C6H8N2S/c1-5-4-8-2-3-9-6(8)7-5/h2-3,6H,4H2,1H3. The molecular formula is C6H8N2S. The van der Waals surface area contributed by atoms with Gasteiger partial charge in [0.25, 0.3) is 0 Å². The first kappa shape index (κ1) is 5.35. The Morgan fingerprint density at radius 3 is 3.56 bits per heavy atom. The van der Waals surface area contributed by atoms with E-state index in [1.165, 1.54) is 5.71 Å². The highest BCUT2D eigenvalue weighted by Gasteiger charge is 2.24. The van der Waals surface area contributed by atoms with Crippen LogP contribution in [0.3, 0.4) is 0 Å². The zero-order valence-electron chi connectivity index (χ0n) is 5.24. The number of fused-ring (bicyclic) bond motifs is 1. The minimum Gasteiger partial charge on any atom is -0.341 e. The maximum absolute atomic E-state index is 4.39. The van der Waals surface area contributed by atoms with Gasteiger partial charge in [-0.2, -0.15) is 0 Å². The Hall–Kier alpha value is -0.440. The molecule has 0 aromatic carbocycles. The molecule has 0 aromatic heterocycles. The fourth-order valence-electron chi connectivity index (χ4n) is 1.06. The Morgan fingerprint density at radius 2 is 2.78 bits per heavy atom. The van der Waals surface area contributed by atoms with Crippen molar-refractivity contribution < 1.29 is 0 Å². The minimum atomic E-state index is 0.380. The molecule has 2 rings (SSSR count). The summed E-state index contributed by atoms with van der Waals surface area (Å²) in [6.45, 7) is 3.10. The monoisotopic (exact) mass is 140 g/mol. The van der Waals surface area contributed by atoms with Crippen LogP contribution in [0.2, 0.25) is 0 Å². The third-order valence-corrected chi connectivity index (χ3v) is 2.38. The summed E-state index contributed by atoms with van der Waals surface area (Å²) in [5, 5.41) is 2.10. The van der Waals surface area contributed by atoms with Crippen LogP contribution in [-0.4, -0.2) is 22.7 Å². The molecule has 48 valence electrons. The van der Waals surface area contributed by atoms with Gasteiger partial charge in [-0.1, -0.05) is 11.8 Å². The maximum Gasteiger partial charge on any atom is 0.172 e. The van der Waals surface area contributed by atoms with E-state index >= 15 is 0 Å². The van der Waals surface area contributed by atoms with E-state index in [1.807, 2.05) is 0 Å². The molecule has 2 heterocycles.